The normalized spacial score (nSPS) is 17.6. The van der Waals surface area contributed by atoms with Crippen molar-refractivity contribution in [1.29, 1.82) is 0 Å². The highest BCUT2D eigenvalue weighted by Gasteiger charge is 2.29. The standard InChI is InChI=1S/C17H17NO2/c1-20-16-6-2-5-15-14(16)8-7-13(17(15)19)10-12-4-3-9-18-11-12/h2-6,9,11,13H,7-8,10H2,1H3/t13-/m0/s1. The van der Waals surface area contributed by atoms with E-state index in [-0.39, 0.29) is 11.7 Å². The Morgan fingerprint density at radius 3 is 2.95 bits per heavy atom. The van der Waals surface area contributed by atoms with E-state index in [1.165, 1.54) is 0 Å². The number of benzene rings is 1. The van der Waals surface area contributed by atoms with Crippen molar-refractivity contribution < 1.29 is 9.53 Å². The summed E-state index contributed by atoms with van der Waals surface area (Å²) < 4.78 is 5.35. The third-order valence-corrected chi connectivity index (χ3v) is 3.94. The van der Waals surface area contributed by atoms with Gasteiger partial charge in [-0.3, -0.25) is 9.78 Å². The van der Waals surface area contributed by atoms with Crippen LogP contribution >= 0.6 is 0 Å². The Morgan fingerprint density at radius 1 is 1.30 bits per heavy atom. The van der Waals surface area contributed by atoms with E-state index < -0.39 is 0 Å². The number of Topliss-reactive ketones (excluding diaryl/α,β-unsaturated/α-hetero) is 1. The molecule has 0 spiro atoms. The minimum absolute atomic E-state index is 0.0545. The van der Waals surface area contributed by atoms with Crippen LogP contribution in [-0.2, 0) is 12.8 Å². The summed E-state index contributed by atoms with van der Waals surface area (Å²) in [6, 6.07) is 9.67. The summed E-state index contributed by atoms with van der Waals surface area (Å²) >= 11 is 0. The van der Waals surface area contributed by atoms with Crippen LogP contribution < -0.4 is 4.74 Å². The second-order valence-electron chi connectivity index (χ2n) is 5.15. The van der Waals surface area contributed by atoms with E-state index in [4.69, 9.17) is 4.74 Å². The molecule has 1 aliphatic rings. The molecule has 2 aromatic rings. The minimum atomic E-state index is 0.0545. The molecule has 1 atom stereocenters. The number of rotatable bonds is 3. The van der Waals surface area contributed by atoms with Gasteiger partial charge >= 0.3 is 0 Å². The molecule has 0 N–H and O–H groups in total. The average molecular weight is 267 g/mol. The van der Waals surface area contributed by atoms with Crippen molar-refractivity contribution in [2.24, 2.45) is 5.92 Å². The molecule has 0 aliphatic heterocycles. The molecule has 3 nitrogen and oxygen atoms in total. The number of fused-ring (bicyclic) bond motifs is 1. The number of ketones is 1. The van der Waals surface area contributed by atoms with E-state index in [0.29, 0.717) is 0 Å². The molecular formula is C17H17NO2. The van der Waals surface area contributed by atoms with Crippen molar-refractivity contribution in [3.8, 4) is 5.75 Å². The minimum Gasteiger partial charge on any atom is -0.496 e. The fraction of sp³-hybridized carbons (Fsp3) is 0.294. The van der Waals surface area contributed by atoms with Gasteiger partial charge in [0.2, 0.25) is 0 Å². The first-order chi connectivity index (χ1) is 9.79. The molecule has 1 aromatic heterocycles. The SMILES string of the molecule is COc1cccc2c1CC[C@@H](Cc1cccnc1)C2=O. The number of ether oxygens (including phenoxy) is 1. The second-order valence-corrected chi connectivity index (χ2v) is 5.15. The predicted octanol–water partition coefficient (Wildman–Crippen LogP) is 3.08. The van der Waals surface area contributed by atoms with Crippen LogP contribution in [0.3, 0.4) is 0 Å². The summed E-state index contributed by atoms with van der Waals surface area (Å²) in [4.78, 5) is 16.7. The van der Waals surface area contributed by atoms with E-state index >= 15 is 0 Å². The lowest BCUT2D eigenvalue weighted by Gasteiger charge is -2.24. The van der Waals surface area contributed by atoms with Crippen LogP contribution in [-0.4, -0.2) is 17.9 Å². The van der Waals surface area contributed by atoms with Crippen molar-refractivity contribution in [3.05, 3.63) is 59.4 Å². The maximum absolute atomic E-state index is 12.6. The number of carbonyl (C=O) groups is 1. The highest BCUT2D eigenvalue weighted by molar-refractivity contribution is 6.00. The number of hydrogen-bond acceptors (Lipinski definition) is 3. The lowest BCUT2D eigenvalue weighted by Crippen LogP contribution is -2.24. The molecule has 0 saturated carbocycles. The third kappa shape index (κ3) is 2.31. The first-order valence-corrected chi connectivity index (χ1v) is 6.88. The van der Waals surface area contributed by atoms with Gasteiger partial charge in [0.25, 0.3) is 0 Å². The number of hydrogen-bond donors (Lipinski definition) is 0. The van der Waals surface area contributed by atoms with E-state index in [1.807, 2.05) is 36.5 Å². The summed E-state index contributed by atoms with van der Waals surface area (Å²) in [7, 11) is 1.65. The molecule has 1 aromatic carbocycles. The van der Waals surface area contributed by atoms with Gasteiger partial charge < -0.3 is 4.74 Å². The second kappa shape index (κ2) is 5.45. The number of methoxy groups -OCH3 is 1. The van der Waals surface area contributed by atoms with Crippen LogP contribution in [0.2, 0.25) is 0 Å². The highest BCUT2D eigenvalue weighted by Crippen LogP contribution is 2.33. The fourth-order valence-corrected chi connectivity index (χ4v) is 2.91. The van der Waals surface area contributed by atoms with Gasteiger partial charge in [0, 0.05) is 29.4 Å². The molecule has 0 radical (unpaired) electrons. The van der Waals surface area contributed by atoms with Crippen molar-refractivity contribution in [3.63, 3.8) is 0 Å². The van der Waals surface area contributed by atoms with Gasteiger partial charge in [0.15, 0.2) is 5.78 Å². The first kappa shape index (κ1) is 12.9. The lowest BCUT2D eigenvalue weighted by atomic mass is 9.79. The molecule has 0 bridgehead atoms. The zero-order chi connectivity index (χ0) is 13.9. The number of carbonyl (C=O) groups excluding carboxylic acids is 1. The topological polar surface area (TPSA) is 39.2 Å². The smallest absolute Gasteiger partial charge is 0.166 e. The van der Waals surface area contributed by atoms with Crippen LogP contribution in [0.5, 0.6) is 5.75 Å². The number of pyridine rings is 1. The number of aromatic nitrogens is 1. The molecule has 102 valence electrons. The Hall–Kier alpha value is -2.16. The molecule has 0 saturated heterocycles. The zero-order valence-corrected chi connectivity index (χ0v) is 11.5. The summed E-state index contributed by atoms with van der Waals surface area (Å²) in [5.41, 5.74) is 3.00. The molecule has 20 heavy (non-hydrogen) atoms. The Bertz CT molecular complexity index is 622. The summed E-state index contributed by atoms with van der Waals surface area (Å²) in [5.74, 6) is 1.11. The molecular weight excluding hydrogens is 250 g/mol. The molecule has 3 heteroatoms. The molecule has 3 rings (SSSR count). The van der Waals surface area contributed by atoms with Gasteiger partial charge in [-0.25, -0.2) is 0 Å². The lowest BCUT2D eigenvalue weighted by molar-refractivity contribution is 0.0900. The number of nitrogens with zero attached hydrogens (tertiary/aromatic N) is 1. The summed E-state index contributed by atoms with van der Waals surface area (Å²) in [6.07, 6.45) is 6.14. The van der Waals surface area contributed by atoms with E-state index in [1.54, 1.807) is 13.3 Å². The van der Waals surface area contributed by atoms with Crippen molar-refractivity contribution in [1.82, 2.24) is 4.98 Å². The van der Waals surface area contributed by atoms with E-state index in [9.17, 15) is 4.79 Å². The summed E-state index contributed by atoms with van der Waals surface area (Å²) in [6.45, 7) is 0. The monoisotopic (exact) mass is 267 g/mol. The molecule has 0 fully saturated rings. The van der Waals surface area contributed by atoms with Crippen molar-refractivity contribution in [2.45, 2.75) is 19.3 Å². The molecule has 0 amide bonds. The van der Waals surface area contributed by atoms with E-state index in [0.717, 1.165) is 41.7 Å². The van der Waals surface area contributed by atoms with Gasteiger partial charge in [-0.2, -0.15) is 0 Å². The Balaban J connectivity index is 1.86. The first-order valence-electron chi connectivity index (χ1n) is 6.88. The summed E-state index contributed by atoms with van der Waals surface area (Å²) in [5, 5.41) is 0. The fourth-order valence-electron chi connectivity index (χ4n) is 2.91. The van der Waals surface area contributed by atoms with Gasteiger partial charge in [-0.15, -0.1) is 0 Å². The van der Waals surface area contributed by atoms with Gasteiger partial charge in [-0.1, -0.05) is 18.2 Å². The quantitative estimate of drug-likeness (QED) is 0.858. The molecule has 0 unspecified atom stereocenters. The van der Waals surface area contributed by atoms with Crippen LogP contribution in [0.15, 0.2) is 42.7 Å². The van der Waals surface area contributed by atoms with E-state index in [2.05, 4.69) is 4.98 Å². The van der Waals surface area contributed by atoms with Gasteiger partial charge in [0.05, 0.1) is 7.11 Å². The van der Waals surface area contributed by atoms with Crippen LogP contribution in [0.1, 0.15) is 27.9 Å². The molecule has 1 aliphatic carbocycles. The average Bonchev–Trinajstić information content (AvgIpc) is 2.51. The van der Waals surface area contributed by atoms with Crippen LogP contribution in [0, 0.1) is 5.92 Å². The van der Waals surface area contributed by atoms with Crippen molar-refractivity contribution >= 4 is 5.78 Å². The van der Waals surface area contributed by atoms with Gasteiger partial charge in [-0.05, 0) is 37.0 Å². The largest absolute Gasteiger partial charge is 0.496 e. The van der Waals surface area contributed by atoms with Crippen molar-refractivity contribution in [2.75, 3.05) is 7.11 Å². The third-order valence-electron chi connectivity index (χ3n) is 3.94. The Morgan fingerprint density at radius 2 is 2.20 bits per heavy atom. The zero-order valence-electron chi connectivity index (χ0n) is 11.5. The highest BCUT2D eigenvalue weighted by atomic mass is 16.5. The molecule has 1 heterocycles. The Labute approximate surface area is 118 Å². The maximum Gasteiger partial charge on any atom is 0.166 e. The predicted molar refractivity (Wildman–Crippen MR) is 77.1 cm³/mol. The van der Waals surface area contributed by atoms with Gasteiger partial charge in [0.1, 0.15) is 5.75 Å². The Kier molecular flexibility index (Phi) is 3.50. The van der Waals surface area contributed by atoms with Crippen LogP contribution in [0.4, 0.5) is 0 Å². The van der Waals surface area contributed by atoms with Crippen LogP contribution in [0.25, 0.3) is 0 Å². The maximum atomic E-state index is 12.6.